The summed E-state index contributed by atoms with van der Waals surface area (Å²) in [6.45, 7) is 1.15. The lowest BCUT2D eigenvalue weighted by molar-refractivity contribution is 0.591. The molecule has 0 aliphatic rings. The maximum absolute atomic E-state index is 5.58. The van der Waals surface area contributed by atoms with E-state index in [1.165, 1.54) is 4.88 Å². The molecule has 3 heteroatoms. The highest BCUT2D eigenvalue weighted by Crippen LogP contribution is 2.17. The SMILES string of the molecule is C#CCNC(CN)c1cccs1. The summed E-state index contributed by atoms with van der Waals surface area (Å²) in [4.78, 5) is 1.24. The number of thiophene rings is 1. The van der Waals surface area contributed by atoms with Gasteiger partial charge in [0.2, 0.25) is 0 Å². The molecule has 1 heterocycles. The Morgan fingerprint density at radius 2 is 2.58 bits per heavy atom. The summed E-state index contributed by atoms with van der Waals surface area (Å²) in [5.74, 6) is 2.53. The van der Waals surface area contributed by atoms with E-state index in [4.69, 9.17) is 12.2 Å². The van der Waals surface area contributed by atoms with Gasteiger partial charge in [-0.3, -0.25) is 5.32 Å². The second kappa shape index (κ2) is 4.94. The zero-order chi connectivity index (χ0) is 8.81. The van der Waals surface area contributed by atoms with Gasteiger partial charge in [0.25, 0.3) is 0 Å². The van der Waals surface area contributed by atoms with E-state index >= 15 is 0 Å². The first kappa shape index (κ1) is 9.27. The number of nitrogens with two attached hydrogens (primary N) is 1. The van der Waals surface area contributed by atoms with Crippen LogP contribution in [0.2, 0.25) is 0 Å². The third kappa shape index (κ3) is 2.35. The van der Waals surface area contributed by atoms with Crippen LogP contribution in [0.3, 0.4) is 0 Å². The molecule has 1 unspecified atom stereocenters. The van der Waals surface area contributed by atoms with E-state index in [0.29, 0.717) is 13.1 Å². The number of rotatable bonds is 4. The van der Waals surface area contributed by atoms with E-state index in [-0.39, 0.29) is 6.04 Å². The minimum absolute atomic E-state index is 0.209. The van der Waals surface area contributed by atoms with Crippen LogP contribution in [-0.4, -0.2) is 13.1 Å². The van der Waals surface area contributed by atoms with Gasteiger partial charge >= 0.3 is 0 Å². The molecule has 0 aromatic carbocycles. The molecule has 3 N–H and O–H groups in total. The van der Waals surface area contributed by atoms with Gasteiger partial charge < -0.3 is 5.73 Å². The van der Waals surface area contributed by atoms with Crippen LogP contribution in [0.4, 0.5) is 0 Å². The molecule has 1 aromatic heterocycles. The Kier molecular flexibility index (Phi) is 3.81. The van der Waals surface area contributed by atoms with Crippen molar-refractivity contribution in [3.63, 3.8) is 0 Å². The molecule has 64 valence electrons. The fourth-order valence-corrected chi connectivity index (χ4v) is 1.79. The number of hydrogen-bond donors (Lipinski definition) is 2. The average molecular weight is 180 g/mol. The van der Waals surface area contributed by atoms with Crippen molar-refractivity contribution >= 4 is 11.3 Å². The van der Waals surface area contributed by atoms with Crippen LogP contribution < -0.4 is 11.1 Å². The van der Waals surface area contributed by atoms with Crippen molar-refractivity contribution in [2.75, 3.05) is 13.1 Å². The Balaban J connectivity index is 2.52. The van der Waals surface area contributed by atoms with Crippen LogP contribution in [0.15, 0.2) is 17.5 Å². The third-order valence-electron chi connectivity index (χ3n) is 1.57. The zero-order valence-corrected chi connectivity index (χ0v) is 7.60. The van der Waals surface area contributed by atoms with Gasteiger partial charge in [0.05, 0.1) is 12.6 Å². The van der Waals surface area contributed by atoms with E-state index < -0.39 is 0 Å². The van der Waals surface area contributed by atoms with Gasteiger partial charge in [-0.15, -0.1) is 17.8 Å². The van der Waals surface area contributed by atoms with E-state index in [1.54, 1.807) is 11.3 Å². The molecule has 0 fully saturated rings. The van der Waals surface area contributed by atoms with Crippen LogP contribution in [0, 0.1) is 12.3 Å². The molecular weight excluding hydrogens is 168 g/mol. The minimum Gasteiger partial charge on any atom is -0.329 e. The van der Waals surface area contributed by atoms with Crippen molar-refractivity contribution in [1.82, 2.24) is 5.32 Å². The molecule has 1 aromatic rings. The smallest absolute Gasteiger partial charge is 0.0579 e. The van der Waals surface area contributed by atoms with E-state index in [2.05, 4.69) is 17.3 Å². The fourth-order valence-electron chi connectivity index (χ4n) is 0.972. The first-order valence-corrected chi connectivity index (χ1v) is 4.66. The van der Waals surface area contributed by atoms with Crippen molar-refractivity contribution in [1.29, 1.82) is 0 Å². The Labute approximate surface area is 76.8 Å². The predicted molar refractivity (Wildman–Crippen MR) is 53.0 cm³/mol. The summed E-state index contributed by atoms with van der Waals surface area (Å²) in [7, 11) is 0. The quantitative estimate of drug-likeness (QED) is 0.678. The Bertz CT molecular complexity index is 248. The molecule has 1 atom stereocenters. The van der Waals surface area contributed by atoms with Gasteiger partial charge in [-0.2, -0.15) is 0 Å². The molecule has 0 aliphatic carbocycles. The van der Waals surface area contributed by atoms with Gasteiger partial charge in [-0.05, 0) is 11.4 Å². The van der Waals surface area contributed by atoms with Crippen molar-refractivity contribution < 1.29 is 0 Å². The maximum atomic E-state index is 5.58. The molecular formula is C9H12N2S. The summed E-state index contributed by atoms with van der Waals surface area (Å²) in [6, 6.07) is 4.28. The lowest BCUT2D eigenvalue weighted by Crippen LogP contribution is -2.27. The van der Waals surface area contributed by atoms with E-state index in [9.17, 15) is 0 Å². The highest BCUT2D eigenvalue weighted by Gasteiger charge is 2.07. The van der Waals surface area contributed by atoms with Crippen LogP contribution in [-0.2, 0) is 0 Å². The summed E-state index contributed by atoms with van der Waals surface area (Å²) in [5, 5.41) is 5.21. The van der Waals surface area contributed by atoms with Crippen molar-refractivity contribution in [2.45, 2.75) is 6.04 Å². The molecule has 0 spiro atoms. The number of hydrogen-bond acceptors (Lipinski definition) is 3. The fraction of sp³-hybridized carbons (Fsp3) is 0.333. The second-order valence-electron chi connectivity index (χ2n) is 2.39. The molecule has 0 radical (unpaired) electrons. The van der Waals surface area contributed by atoms with Gasteiger partial charge in [-0.25, -0.2) is 0 Å². The van der Waals surface area contributed by atoms with Crippen molar-refractivity contribution in [3.05, 3.63) is 22.4 Å². The van der Waals surface area contributed by atoms with Crippen LogP contribution in [0.1, 0.15) is 10.9 Å². The van der Waals surface area contributed by atoms with E-state index in [1.807, 2.05) is 11.4 Å². The molecule has 0 amide bonds. The van der Waals surface area contributed by atoms with Gasteiger partial charge in [0.15, 0.2) is 0 Å². The lowest BCUT2D eigenvalue weighted by atomic mass is 10.2. The third-order valence-corrected chi connectivity index (χ3v) is 2.56. The largest absolute Gasteiger partial charge is 0.329 e. The molecule has 1 rings (SSSR count). The molecule has 2 nitrogen and oxygen atoms in total. The van der Waals surface area contributed by atoms with Gasteiger partial charge in [-0.1, -0.05) is 12.0 Å². The molecule has 0 saturated heterocycles. The Hall–Kier alpha value is -0.820. The molecule has 12 heavy (non-hydrogen) atoms. The first-order chi connectivity index (χ1) is 5.88. The van der Waals surface area contributed by atoms with Crippen LogP contribution >= 0.6 is 11.3 Å². The monoisotopic (exact) mass is 180 g/mol. The predicted octanol–water partition coefficient (Wildman–Crippen LogP) is 0.971. The molecule has 0 saturated carbocycles. The standard InChI is InChI=1S/C9H12N2S/c1-2-5-11-8(7-10)9-4-3-6-12-9/h1,3-4,6,8,11H,5,7,10H2. The minimum atomic E-state index is 0.209. The summed E-state index contributed by atoms with van der Waals surface area (Å²) >= 11 is 1.69. The topological polar surface area (TPSA) is 38.0 Å². The first-order valence-electron chi connectivity index (χ1n) is 3.78. The van der Waals surface area contributed by atoms with Crippen molar-refractivity contribution in [3.8, 4) is 12.3 Å². The second-order valence-corrected chi connectivity index (χ2v) is 3.37. The lowest BCUT2D eigenvalue weighted by Gasteiger charge is -2.12. The van der Waals surface area contributed by atoms with Crippen LogP contribution in [0.5, 0.6) is 0 Å². The number of terminal acetylenes is 1. The zero-order valence-electron chi connectivity index (χ0n) is 6.79. The van der Waals surface area contributed by atoms with E-state index in [0.717, 1.165) is 0 Å². The van der Waals surface area contributed by atoms with Gasteiger partial charge in [0, 0.05) is 11.4 Å². The Morgan fingerprint density at radius 3 is 3.08 bits per heavy atom. The summed E-state index contributed by atoms with van der Waals surface area (Å²) in [6.07, 6.45) is 5.13. The van der Waals surface area contributed by atoms with Crippen molar-refractivity contribution in [2.24, 2.45) is 5.73 Å². The summed E-state index contributed by atoms with van der Waals surface area (Å²) in [5.41, 5.74) is 5.58. The normalized spacial score (nSPS) is 12.3. The van der Waals surface area contributed by atoms with Gasteiger partial charge in [0.1, 0.15) is 0 Å². The number of nitrogens with one attached hydrogen (secondary N) is 1. The Morgan fingerprint density at radius 1 is 1.75 bits per heavy atom. The average Bonchev–Trinajstić information content (AvgIpc) is 2.59. The highest BCUT2D eigenvalue weighted by atomic mass is 32.1. The maximum Gasteiger partial charge on any atom is 0.0579 e. The molecule has 0 bridgehead atoms. The molecule has 0 aliphatic heterocycles. The highest BCUT2D eigenvalue weighted by molar-refractivity contribution is 7.10. The summed E-state index contributed by atoms with van der Waals surface area (Å²) < 4.78 is 0. The van der Waals surface area contributed by atoms with Crippen LogP contribution in [0.25, 0.3) is 0 Å².